The molecule has 122 valence electrons. The van der Waals surface area contributed by atoms with Crippen LogP contribution < -0.4 is 15.0 Å². The standard InChI is InChI=1S/C17H26N2O3/c1-14(20)18-15-6-8-17(9-7-15)22-13-16(21)12-19-10-4-2-3-5-11-19/h6-9,16,21H,2-5,10-13H2,1H3,(H,18,20)/p+1/t16-/m1/s1. The Labute approximate surface area is 132 Å². The number of likely N-dealkylation sites (tertiary alicyclic amines) is 1. The molecule has 1 aliphatic rings. The van der Waals surface area contributed by atoms with Crippen LogP contribution in [0.25, 0.3) is 0 Å². The van der Waals surface area contributed by atoms with Gasteiger partial charge in [0.15, 0.2) is 0 Å². The highest BCUT2D eigenvalue weighted by Gasteiger charge is 2.17. The summed E-state index contributed by atoms with van der Waals surface area (Å²) in [6.07, 6.45) is 4.71. The Morgan fingerprint density at radius 2 is 1.86 bits per heavy atom. The molecule has 0 bridgehead atoms. The van der Waals surface area contributed by atoms with Crippen LogP contribution in [-0.4, -0.2) is 43.4 Å². The van der Waals surface area contributed by atoms with E-state index in [0.717, 1.165) is 25.3 Å². The van der Waals surface area contributed by atoms with Crippen molar-refractivity contribution in [1.82, 2.24) is 0 Å². The number of carbonyl (C=O) groups excluding carboxylic acids is 1. The Morgan fingerprint density at radius 1 is 1.23 bits per heavy atom. The lowest BCUT2D eigenvalue weighted by molar-refractivity contribution is -0.902. The molecule has 22 heavy (non-hydrogen) atoms. The molecule has 1 saturated heterocycles. The molecule has 1 amide bonds. The topological polar surface area (TPSA) is 63.0 Å². The molecule has 0 aromatic heterocycles. The maximum atomic E-state index is 10.9. The van der Waals surface area contributed by atoms with Crippen molar-refractivity contribution < 1.29 is 19.5 Å². The van der Waals surface area contributed by atoms with Gasteiger partial charge in [-0.1, -0.05) is 0 Å². The summed E-state index contributed by atoms with van der Waals surface area (Å²) in [5.41, 5.74) is 0.745. The van der Waals surface area contributed by atoms with Crippen LogP contribution in [0.5, 0.6) is 5.75 Å². The molecule has 2 rings (SSSR count). The van der Waals surface area contributed by atoms with Gasteiger partial charge in [-0.05, 0) is 49.9 Å². The number of amides is 1. The molecule has 1 aromatic carbocycles. The number of ether oxygens (including phenoxy) is 1. The summed E-state index contributed by atoms with van der Waals surface area (Å²) in [5.74, 6) is 0.614. The maximum absolute atomic E-state index is 10.9. The van der Waals surface area contributed by atoms with E-state index in [1.807, 2.05) is 0 Å². The smallest absolute Gasteiger partial charge is 0.221 e. The zero-order chi connectivity index (χ0) is 15.8. The quantitative estimate of drug-likeness (QED) is 0.730. The number of anilines is 1. The highest BCUT2D eigenvalue weighted by atomic mass is 16.5. The van der Waals surface area contributed by atoms with Gasteiger partial charge in [0.2, 0.25) is 5.91 Å². The Bertz CT molecular complexity index is 453. The van der Waals surface area contributed by atoms with E-state index in [4.69, 9.17) is 4.74 Å². The van der Waals surface area contributed by atoms with Gasteiger partial charge in [0.1, 0.15) is 25.0 Å². The second-order valence-corrected chi connectivity index (χ2v) is 6.04. The molecule has 0 aliphatic carbocycles. The lowest BCUT2D eigenvalue weighted by Crippen LogP contribution is -3.13. The highest BCUT2D eigenvalue weighted by Crippen LogP contribution is 2.15. The molecule has 0 spiro atoms. The summed E-state index contributed by atoms with van der Waals surface area (Å²) in [4.78, 5) is 12.4. The van der Waals surface area contributed by atoms with E-state index in [9.17, 15) is 9.90 Å². The van der Waals surface area contributed by atoms with Gasteiger partial charge < -0.3 is 20.1 Å². The van der Waals surface area contributed by atoms with E-state index in [2.05, 4.69) is 5.32 Å². The number of carbonyl (C=O) groups is 1. The van der Waals surface area contributed by atoms with E-state index < -0.39 is 6.10 Å². The molecule has 1 heterocycles. The van der Waals surface area contributed by atoms with E-state index in [1.54, 1.807) is 24.3 Å². The number of hydrogen-bond acceptors (Lipinski definition) is 3. The zero-order valence-electron chi connectivity index (χ0n) is 13.3. The highest BCUT2D eigenvalue weighted by molar-refractivity contribution is 5.88. The number of hydrogen-bond donors (Lipinski definition) is 3. The number of rotatable bonds is 6. The van der Waals surface area contributed by atoms with E-state index in [1.165, 1.54) is 37.5 Å². The molecule has 0 radical (unpaired) electrons. The van der Waals surface area contributed by atoms with Gasteiger partial charge in [0.05, 0.1) is 13.1 Å². The maximum Gasteiger partial charge on any atom is 0.221 e. The van der Waals surface area contributed by atoms with Crippen molar-refractivity contribution in [3.05, 3.63) is 24.3 Å². The van der Waals surface area contributed by atoms with Gasteiger partial charge in [-0.25, -0.2) is 0 Å². The van der Waals surface area contributed by atoms with Crippen LogP contribution in [0.4, 0.5) is 5.69 Å². The second kappa shape index (κ2) is 8.76. The summed E-state index contributed by atoms with van der Waals surface area (Å²) in [5, 5.41) is 12.8. The van der Waals surface area contributed by atoms with Crippen LogP contribution in [0.2, 0.25) is 0 Å². The lowest BCUT2D eigenvalue weighted by Gasteiger charge is -2.20. The SMILES string of the molecule is CC(=O)Nc1ccc(OC[C@H](O)C[NH+]2CCCCCC2)cc1. The fourth-order valence-corrected chi connectivity index (χ4v) is 2.86. The molecule has 1 atom stereocenters. The summed E-state index contributed by atoms with van der Waals surface area (Å²) in [7, 11) is 0. The van der Waals surface area contributed by atoms with Crippen LogP contribution in [0.15, 0.2) is 24.3 Å². The molecular weight excluding hydrogens is 280 g/mol. The zero-order valence-corrected chi connectivity index (χ0v) is 13.3. The third-order valence-corrected chi connectivity index (χ3v) is 3.95. The first-order chi connectivity index (χ1) is 10.6. The third kappa shape index (κ3) is 6.03. The average Bonchev–Trinajstić information content (AvgIpc) is 2.74. The monoisotopic (exact) mass is 307 g/mol. The normalized spacial score (nSPS) is 17.5. The van der Waals surface area contributed by atoms with Crippen LogP contribution in [0.3, 0.4) is 0 Å². The fraction of sp³-hybridized carbons (Fsp3) is 0.588. The van der Waals surface area contributed by atoms with Gasteiger partial charge in [-0.15, -0.1) is 0 Å². The second-order valence-electron chi connectivity index (χ2n) is 6.04. The summed E-state index contributed by atoms with van der Waals surface area (Å²) >= 11 is 0. The average molecular weight is 307 g/mol. The van der Waals surface area contributed by atoms with Gasteiger partial charge in [0.25, 0.3) is 0 Å². The van der Waals surface area contributed by atoms with Gasteiger partial charge >= 0.3 is 0 Å². The molecule has 0 saturated carbocycles. The minimum atomic E-state index is -0.442. The first-order valence-corrected chi connectivity index (χ1v) is 8.15. The van der Waals surface area contributed by atoms with Crippen molar-refractivity contribution in [3.63, 3.8) is 0 Å². The Kier molecular flexibility index (Phi) is 6.68. The summed E-state index contributed by atoms with van der Waals surface area (Å²) in [6.45, 7) is 4.85. The number of aliphatic hydroxyl groups excluding tert-OH is 1. The van der Waals surface area contributed by atoms with Crippen molar-refractivity contribution in [3.8, 4) is 5.75 Å². The molecule has 1 aliphatic heterocycles. The van der Waals surface area contributed by atoms with Crippen molar-refractivity contribution in [1.29, 1.82) is 0 Å². The van der Waals surface area contributed by atoms with Crippen molar-refractivity contribution >= 4 is 11.6 Å². The lowest BCUT2D eigenvalue weighted by atomic mass is 10.2. The largest absolute Gasteiger partial charge is 0.491 e. The van der Waals surface area contributed by atoms with Crippen LogP contribution in [0.1, 0.15) is 32.6 Å². The third-order valence-electron chi connectivity index (χ3n) is 3.95. The summed E-state index contributed by atoms with van der Waals surface area (Å²) < 4.78 is 5.62. The van der Waals surface area contributed by atoms with Crippen molar-refractivity contribution in [2.24, 2.45) is 0 Å². The minimum absolute atomic E-state index is 0.0930. The van der Waals surface area contributed by atoms with E-state index >= 15 is 0 Å². The van der Waals surface area contributed by atoms with Crippen LogP contribution in [0, 0.1) is 0 Å². The van der Waals surface area contributed by atoms with Crippen LogP contribution >= 0.6 is 0 Å². The number of nitrogens with one attached hydrogen (secondary N) is 2. The van der Waals surface area contributed by atoms with Crippen molar-refractivity contribution in [2.75, 3.05) is 31.6 Å². The van der Waals surface area contributed by atoms with E-state index in [0.29, 0.717) is 12.4 Å². The molecule has 0 unspecified atom stereocenters. The van der Waals surface area contributed by atoms with Crippen LogP contribution in [-0.2, 0) is 4.79 Å². The first kappa shape index (κ1) is 16.8. The van der Waals surface area contributed by atoms with Crippen molar-refractivity contribution in [2.45, 2.75) is 38.7 Å². The predicted molar refractivity (Wildman–Crippen MR) is 86.3 cm³/mol. The fourth-order valence-electron chi connectivity index (χ4n) is 2.86. The number of aliphatic hydroxyl groups is 1. The molecule has 1 fully saturated rings. The van der Waals surface area contributed by atoms with Gasteiger partial charge in [0, 0.05) is 12.6 Å². The van der Waals surface area contributed by atoms with Gasteiger partial charge in [-0.3, -0.25) is 4.79 Å². The van der Waals surface area contributed by atoms with E-state index in [-0.39, 0.29) is 5.91 Å². The predicted octanol–water partition coefficient (Wildman–Crippen LogP) is 0.844. The summed E-state index contributed by atoms with van der Waals surface area (Å²) in [6, 6.07) is 7.19. The molecule has 1 aromatic rings. The van der Waals surface area contributed by atoms with Gasteiger partial charge in [-0.2, -0.15) is 0 Å². The Balaban J connectivity index is 1.73. The Hall–Kier alpha value is -1.59. The Morgan fingerprint density at radius 3 is 2.45 bits per heavy atom. The molecule has 5 nitrogen and oxygen atoms in total. The molecular formula is C17H27N2O3+. The number of benzene rings is 1. The number of quaternary nitrogens is 1. The minimum Gasteiger partial charge on any atom is -0.491 e. The molecule has 3 N–H and O–H groups in total. The molecule has 5 heteroatoms. The first-order valence-electron chi connectivity index (χ1n) is 8.15.